The Bertz CT molecular complexity index is 489. The fourth-order valence-corrected chi connectivity index (χ4v) is 1.69. The topological polar surface area (TPSA) is 86.2 Å². The van der Waals surface area contributed by atoms with Crippen molar-refractivity contribution < 1.29 is 18.5 Å². The summed E-state index contributed by atoms with van der Waals surface area (Å²) in [6.07, 6.45) is 1.10. The molecule has 17 heavy (non-hydrogen) atoms. The zero-order chi connectivity index (χ0) is 12.7. The molecular formula is C10H8F2N2O3. The van der Waals surface area contributed by atoms with Crippen molar-refractivity contribution in [3.63, 3.8) is 0 Å². The summed E-state index contributed by atoms with van der Waals surface area (Å²) in [5.74, 6) is -3.83. The van der Waals surface area contributed by atoms with Gasteiger partial charge in [0.25, 0.3) is 5.91 Å². The van der Waals surface area contributed by atoms with E-state index in [1.165, 1.54) is 0 Å². The second-order valence-electron chi connectivity index (χ2n) is 3.88. The molecule has 90 valence electrons. The van der Waals surface area contributed by atoms with Crippen LogP contribution in [0.3, 0.4) is 0 Å². The van der Waals surface area contributed by atoms with E-state index in [0.29, 0.717) is 18.9 Å². The molecule has 1 aliphatic carbocycles. The molecule has 0 atom stereocenters. The largest absolute Gasteiger partial charge is 0.366 e. The maximum Gasteiger partial charge on any atom is 0.306 e. The Balaban J connectivity index is 2.72. The summed E-state index contributed by atoms with van der Waals surface area (Å²) in [7, 11) is 0. The fraction of sp³-hybridized carbons (Fsp3) is 0.300. The number of nitrogens with zero attached hydrogens (tertiary/aromatic N) is 1. The third kappa shape index (κ3) is 1.83. The number of benzene rings is 1. The molecule has 0 heterocycles. The monoisotopic (exact) mass is 242 g/mol. The summed E-state index contributed by atoms with van der Waals surface area (Å²) in [6.45, 7) is 0. The lowest BCUT2D eigenvalue weighted by molar-refractivity contribution is -0.387. The van der Waals surface area contributed by atoms with E-state index in [4.69, 9.17) is 5.73 Å². The number of carbonyl (C=O) groups is 1. The molecule has 1 aromatic carbocycles. The number of nitro groups is 1. The average molecular weight is 242 g/mol. The molecule has 0 aromatic heterocycles. The van der Waals surface area contributed by atoms with Gasteiger partial charge in [-0.3, -0.25) is 14.9 Å². The molecule has 5 nitrogen and oxygen atoms in total. The molecule has 2 rings (SSSR count). The highest BCUT2D eigenvalue weighted by Crippen LogP contribution is 2.45. The zero-order valence-electron chi connectivity index (χ0n) is 8.57. The van der Waals surface area contributed by atoms with Crippen LogP contribution in [0.25, 0.3) is 0 Å². The van der Waals surface area contributed by atoms with Gasteiger partial charge in [-0.25, -0.2) is 4.39 Å². The lowest BCUT2D eigenvalue weighted by Crippen LogP contribution is -2.16. The number of carbonyl (C=O) groups excluding carboxylic acids is 1. The fourth-order valence-electron chi connectivity index (χ4n) is 1.69. The van der Waals surface area contributed by atoms with Gasteiger partial charge in [-0.1, -0.05) is 0 Å². The van der Waals surface area contributed by atoms with Crippen molar-refractivity contribution in [1.82, 2.24) is 0 Å². The molecule has 1 aromatic rings. The minimum absolute atomic E-state index is 0.395. The molecule has 2 N–H and O–H groups in total. The average Bonchev–Trinajstić information content (AvgIpc) is 3.00. The van der Waals surface area contributed by atoms with E-state index in [1.54, 1.807) is 0 Å². The van der Waals surface area contributed by atoms with E-state index >= 15 is 0 Å². The van der Waals surface area contributed by atoms with E-state index in [1.807, 2.05) is 0 Å². The Hall–Kier alpha value is -2.05. The number of hydrogen-bond acceptors (Lipinski definition) is 3. The standard InChI is InChI=1S/C10H8F2N2O3/c11-8-5(10(13)15)3-6(14(16)17)9(12)7(8)4-1-2-4/h3-4H,1-2H2,(H2,13,15). The van der Waals surface area contributed by atoms with E-state index < -0.39 is 45.2 Å². The van der Waals surface area contributed by atoms with Gasteiger partial charge in [0.05, 0.1) is 10.5 Å². The van der Waals surface area contributed by atoms with Crippen LogP contribution in [0.2, 0.25) is 0 Å². The Kier molecular flexibility index (Phi) is 2.53. The van der Waals surface area contributed by atoms with Gasteiger partial charge in [-0.2, -0.15) is 4.39 Å². The molecule has 0 unspecified atom stereocenters. The molecule has 1 fully saturated rings. The summed E-state index contributed by atoms with van der Waals surface area (Å²) in [4.78, 5) is 20.5. The van der Waals surface area contributed by atoms with Crippen LogP contribution >= 0.6 is 0 Å². The van der Waals surface area contributed by atoms with Crippen molar-refractivity contribution in [3.8, 4) is 0 Å². The number of rotatable bonds is 3. The quantitative estimate of drug-likeness (QED) is 0.648. The van der Waals surface area contributed by atoms with Crippen LogP contribution < -0.4 is 5.73 Å². The summed E-state index contributed by atoms with van der Waals surface area (Å²) in [6, 6.07) is 0.541. The lowest BCUT2D eigenvalue weighted by atomic mass is 10.0. The van der Waals surface area contributed by atoms with Crippen LogP contribution in [0.4, 0.5) is 14.5 Å². The molecule has 1 amide bonds. The van der Waals surface area contributed by atoms with Crippen molar-refractivity contribution in [2.45, 2.75) is 18.8 Å². The van der Waals surface area contributed by atoms with Crippen molar-refractivity contribution in [2.75, 3.05) is 0 Å². The van der Waals surface area contributed by atoms with E-state index in [9.17, 15) is 23.7 Å². The number of hydrogen-bond donors (Lipinski definition) is 1. The second-order valence-corrected chi connectivity index (χ2v) is 3.88. The molecule has 1 aliphatic rings. The number of primary amides is 1. The number of nitro benzene ring substituents is 1. The highest BCUT2D eigenvalue weighted by molar-refractivity contribution is 5.94. The van der Waals surface area contributed by atoms with Crippen molar-refractivity contribution in [1.29, 1.82) is 0 Å². The minimum atomic E-state index is -1.21. The number of nitrogens with two attached hydrogens (primary N) is 1. The van der Waals surface area contributed by atoms with Crippen molar-refractivity contribution >= 4 is 11.6 Å². The Labute approximate surface area is 94.4 Å². The highest BCUT2D eigenvalue weighted by Gasteiger charge is 2.36. The molecule has 0 aliphatic heterocycles. The van der Waals surface area contributed by atoms with E-state index in [0.717, 1.165) is 0 Å². The van der Waals surface area contributed by atoms with E-state index in [2.05, 4.69) is 0 Å². The Morgan fingerprint density at radius 3 is 2.41 bits per heavy atom. The third-order valence-corrected chi connectivity index (χ3v) is 2.66. The van der Waals surface area contributed by atoms with Crippen LogP contribution in [0.15, 0.2) is 6.07 Å². The lowest BCUT2D eigenvalue weighted by Gasteiger charge is -2.07. The summed E-state index contributed by atoms with van der Waals surface area (Å²) in [5, 5.41) is 10.6. The Morgan fingerprint density at radius 2 is 2.00 bits per heavy atom. The van der Waals surface area contributed by atoms with Crippen LogP contribution in [0, 0.1) is 21.7 Å². The van der Waals surface area contributed by atoms with Gasteiger partial charge in [0.15, 0.2) is 0 Å². The van der Waals surface area contributed by atoms with Gasteiger partial charge in [-0.05, 0) is 18.8 Å². The first kappa shape index (κ1) is 11.4. The molecule has 7 heteroatoms. The number of amides is 1. The van der Waals surface area contributed by atoms with Gasteiger partial charge < -0.3 is 5.73 Å². The number of halogens is 2. The molecule has 0 spiro atoms. The predicted octanol–water partition coefficient (Wildman–Crippen LogP) is 1.85. The van der Waals surface area contributed by atoms with Crippen LogP contribution in [-0.4, -0.2) is 10.8 Å². The van der Waals surface area contributed by atoms with Crippen molar-refractivity contribution in [2.24, 2.45) is 5.73 Å². The normalized spacial score (nSPS) is 14.7. The molecule has 1 saturated carbocycles. The van der Waals surface area contributed by atoms with Crippen molar-refractivity contribution in [3.05, 3.63) is 38.9 Å². The van der Waals surface area contributed by atoms with Gasteiger partial charge in [-0.15, -0.1) is 0 Å². The third-order valence-electron chi connectivity index (χ3n) is 2.66. The first-order valence-corrected chi connectivity index (χ1v) is 4.89. The summed E-state index contributed by atoms with van der Waals surface area (Å²) < 4.78 is 27.4. The van der Waals surface area contributed by atoms with Gasteiger partial charge in [0.1, 0.15) is 5.82 Å². The van der Waals surface area contributed by atoms with Gasteiger partial charge >= 0.3 is 5.69 Å². The van der Waals surface area contributed by atoms with Crippen LogP contribution in [-0.2, 0) is 0 Å². The molecule has 0 saturated heterocycles. The zero-order valence-corrected chi connectivity index (χ0v) is 8.57. The van der Waals surface area contributed by atoms with Crippen LogP contribution in [0.1, 0.15) is 34.7 Å². The SMILES string of the molecule is NC(=O)c1cc([N+](=O)[O-])c(F)c(C2CC2)c1F. The predicted molar refractivity (Wildman–Crippen MR) is 53.5 cm³/mol. The van der Waals surface area contributed by atoms with Gasteiger partial charge in [0.2, 0.25) is 5.82 Å². The molecule has 0 radical (unpaired) electrons. The van der Waals surface area contributed by atoms with E-state index in [-0.39, 0.29) is 0 Å². The first-order valence-electron chi connectivity index (χ1n) is 4.89. The van der Waals surface area contributed by atoms with Crippen LogP contribution in [0.5, 0.6) is 0 Å². The Morgan fingerprint density at radius 1 is 1.41 bits per heavy atom. The molecular weight excluding hydrogens is 234 g/mol. The molecule has 0 bridgehead atoms. The summed E-state index contributed by atoms with van der Waals surface area (Å²) >= 11 is 0. The highest BCUT2D eigenvalue weighted by atomic mass is 19.1. The first-order chi connectivity index (χ1) is 7.93. The smallest absolute Gasteiger partial charge is 0.306 e. The minimum Gasteiger partial charge on any atom is -0.366 e. The maximum absolute atomic E-state index is 13.8. The second kappa shape index (κ2) is 3.76. The maximum atomic E-state index is 13.8. The summed E-state index contributed by atoms with van der Waals surface area (Å²) in [5.41, 5.74) is 2.95. The van der Waals surface area contributed by atoms with Gasteiger partial charge in [0, 0.05) is 11.6 Å².